The molecule has 0 radical (unpaired) electrons. The Kier molecular flexibility index (Phi) is 5.57. The maximum atomic E-state index is 11.3. The molecule has 90 valence electrons. The van der Waals surface area contributed by atoms with Gasteiger partial charge >= 0.3 is 0 Å². The quantitative estimate of drug-likeness (QED) is 0.428. The van der Waals surface area contributed by atoms with Gasteiger partial charge in [-0.25, -0.2) is 0 Å². The summed E-state index contributed by atoms with van der Waals surface area (Å²) < 4.78 is 0. The molecule has 0 aliphatic carbocycles. The predicted octanol–water partition coefficient (Wildman–Crippen LogP) is 3.36. The summed E-state index contributed by atoms with van der Waals surface area (Å²) in [6.45, 7) is 5.34. The summed E-state index contributed by atoms with van der Waals surface area (Å²) in [5.74, 6) is 0.745. The number of hydrogen-bond donors (Lipinski definition) is 0. The molecule has 4 nitrogen and oxygen atoms in total. The summed E-state index contributed by atoms with van der Waals surface area (Å²) in [5, 5.41) is 11.4. The van der Waals surface area contributed by atoms with Gasteiger partial charge in [0, 0.05) is 0 Å². The monoisotopic (exact) mass is 232 g/mol. The number of nitrogens with zero attached hydrogens (tertiary/aromatic N) is 1. The molecular formula is C13H14NO3-. The topological polar surface area (TPSA) is 44.8 Å². The molecule has 0 spiro atoms. The van der Waals surface area contributed by atoms with Gasteiger partial charge in [-0.05, 0) is 36.6 Å². The predicted molar refractivity (Wildman–Crippen MR) is 66.5 cm³/mol. The number of para-hydroxylation sites is 1. The molecule has 0 atom stereocenters. The van der Waals surface area contributed by atoms with E-state index in [1.807, 2.05) is 13.0 Å². The number of benzene rings is 1. The Balaban J connectivity index is 2.56. The van der Waals surface area contributed by atoms with Crippen LogP contribution in [0.5, 0.6) is 5.75 Å². The van der Waals surface area contributed by atoms with Crippen molar-refractivity contribution in [1.29, 1.82) is 0 Å². The number of allylic oxidation sites excluding steroid dienone is 4. The molecule has 0 saturated carbocycles. The lowest BCUT2D eigenvalue weighted by Crippen LogP contribution is -2.20. The van der Waals surface area contributed by atoms with E-state index >= 15 is 0 Å². The van der Waals surface area contributed by atoms with Crippen LogP contribution >= 0.6 is 0 Å². The fourth-order valence-corrected chi connectivity index (χ4v) is 1.07. The lowest BCUT2D eigenvalue weighted by atomic mass is 10.3. The van der Waals surface area contributed by atoms with E-state index in [-0.39, 0.29) is 5.39 Å². The summed E-state index contributed by atoms with van der Waals surface area (Å²) in [6.07, 6.45) is 6.44. The number of rotatable bonds is 6. The van der Waals surface area contributed by atoms with Crippen molar-refractivity contribution < 1.29 is 9.68 Å². The molecule has 0 aliphatic rings. The number of hydrogen-bond acceptors (Lipinski definition) is 4. The fourth-order valence-electron chi connectivity index (χ4n) is 1.07. The van der Waals surface area contributed by atoms with E-state index in [9.17, 15) is 5.21 Å². The molecule has 1 aromatic rings. The molecule has 0 aliphatic heterocycles. The van der Waals surface area contributed by atoms with E-state index in [1.165, 1.54) is 6.08 Å². The average molecular weight is 232 g/mol. The van der Waals surface area contributed by atoms with Crippen LogP contribution in [0.2, 0.25) is 0 Å². The summed E-state index contributed by atoms with van der Waals surface area (Å²) in [5.41, 5.74) is 0. The first kappa shape index (κ1) is 13.0. The van der Waals surface area contributed by atoms with E-state index in [0.717, 1.165) is 0 Å². The van der Waals surface area contributed by atoms with E-state index in [4.69, 9.17) is 9.68 Å². The Hall–Kier alpha value is -2.04. The summed E-state index contributed by atoms with van der Waals surface area (Å²) in [6, 6.07) is 8.65. The molecule has 0 bridgehead atoms. The Morgan fingerprint density at radius 2 is 2.06 bits per heavy atom. The molecular weight excluding hydrogens is 218 g/mol. The Morgan fingerprint density at radius 3 is 2.65 bits per heavy atom. The van der Waals surface area contributed by atoms with Gasteiger partial charge in [0.2, 0.25) is 0 Å². The second-order valence-electron chi connectivity index (χ2n) is 3.02. The molecule has 0 fully saturated rings. The molecule has 0 amide bonds. The highest BCUT2D eigenvalue weighted by molar-refractivity contribution is 5.20. The van der Waals surface area contributed by atoms with Gasteiger partial charge in [-0.3, -0.25) is 0 Å². The molecule has 0 heterocycles. The minimum atomic E-state index is 0.0463. The third-order valence-electron chi connectivity index (χ3n) is 1.72. The van der Waals surface area contributed by atoms with Crippen LogP contribution in [0.15, 0.2) is 67.0 Å². The molecule has 1 aromatic carbocycles. The van der Waals surface area contributed by atoms with Crippen LogP contribution < -0.4 is 4.84 Å². The lowest BCUT2D eigenvalue weighted by molar-refractivity contribution is -0.253. The van der Waals surface area contributed by atoms with Crippen LogP contribution in [0.1, 0.15) is 6.92 Å². The van der Waals surface area contributed by atoms with Crippen molar-refractivity contribution in [3.63, 3.8) is 0 Å². The van der Waals surface area contributed by atoms with Gasteiger partial charge in [-0.1, -0.05) is 36.9 Å². The minimum absolute atomic E-state index is 0.0463. The van der Waals surface area contributed by atoms with Crippen LogP contribution in [0, 0.1) is 5.21 Å². The smallest absolute Gasteiger partial charge is 0.150 e. The zero-order valence-electron chi connectivity index (χ0n) is 9.58. The van der Waals surface area contributed by atoms with Crippen molar-refractivity contribution >= 4 is 0 Å². The fraction of sp³-hybridized carbons (Fsp3) is 0.0769. The maximum Gasteiger partial charge on any atom is 0.150 e. The van der Waals surface area contributed by atoms with E-state index in [1.54, 1.807) is 42.5 Å². The van der Waals surface area contributed by atoms with Crippen molar-refractivity contribution in [1.82, 2.24) is 5.39 Å². The second kappa shape index (κ2) is 7.27. The van der Waals surface area contributed by atoms with Gasteiger partial charge in [-0.15, -0.1) is 0 Å². The molecule has 0 N–H and O–H groups in total. The minimum Gasteiger partial charge on any atom is -0.718 e. The second-order valence-corrected chi connectivity index (χ2v) is 3.02. The van der Waals surface area contributed by atoms with Crippen molar-refractivity contribution in [2.45, 2.75) is 6.92 Å². The standard InChI is InChI=1S/C13H14NO3/c1-3-8-12(9-4-2)16-14(15)17-13-10-6-5-7-11-13/h3-11H,1H2,2H3/q-1/b9-4-,12-8+. The van der Waals surface area contributed by atoms with Gasteiger partial charge in [-0.2, -0.15) is 0 Å². The van der Waals surface area contributed by atoms with Crippen molar-refractivity contribution in [3.8, 4) is 5.75 Å². The maximum absolute atomic E-state index is 11.3. The van der Waals surface area contributed by atoms with Gasteiger partial charge in [0.25, 0.3) is 0 Å². The van der Waals surface area contributed by atoms with Gasteiger partial charge in [0.05, 0.1) is 0 Å². The highest BCUT2D eigenvalue weighted by Crippen LogP contribution is 2.12. The van der Waals surface area contributed by atoms with Crippen LogP contribution in [-0.2, 0) is 4.84 Å². The summed E-state index contributed by atoms with van der Waals surface area (Å²) in [4.78, 5) is 9.78. The third-order valence-corrected chi connectivity index (χ3v) is 1.72. The first-order valence-electron chi connectivity index (χ1n) is 5.10. The molecule has 0 saturated heterocycles. The molecule has 1 rings (SSSR count). The van der Waals surface area contributed by atoms with Gasteiger partial charge in [0.1, 0.15) is 11.5 Å². The average Bonchev–Trinajstić information content (AvgIpc) is 2.30. The van der Waals surface area contributed by atoms with Crippen molar-refractivity contribution in [2.75, 3.05) is 0 Å². The van der Waals surface area contributed by atoms with E-state index < -0.39 is 0 Å². The third kappa shape index (κ3) is 5.01. The van der Waals surface area contributed by atoms with Crippen LogP contribution in [0.4, 0.5) is 0 Å². The van der Waals surface area contributed by atoms with Gasteiger partial charge < -0.3 is 14.9 Å². The van der Waals surface area contributed by atoms with Gasteiger partial charge in [0.15, 0.2) is 0 Å². The van der Waals surface area contributed by atoms with E-state index in [0.29, 0.717) is 11.5 Å². The van der Waals surface area contributed by atoms with Crippen molar-refractivity contribution in [3.05, 3.63) is 72.2 Å². The van der Waals surface area contributed by atoms with E-state index in [2.05, 4.69) is 6.58 Å². The van der Waals surface area contributed by atoms with Crippen LogP contribution in [0.3, 0.4) is 0 Å². The Bertz CT molecular complexity index is 398. The van der Waals surface area contributed by atoms with Crippen LogP contribution in [0.25, 0.3) is 0 Å². The highest BCUT2D eigenvalue weighted by Gasteiger charge is 1.98. The normalized spacial score (nSPS) is 11.8. The molecule has 0 aromatic heterocycles. The first-order chi connectivity index (χ1) is 8.26. The first-order valence-corrected chi connectivity index (χ1v) is 5.10. The summed E-state index contributed by atoms with van der Waals surface area (Å²) >= 11 is 0. The Morgan fingerprint density at radius 1 is 1.35 bits per heavy atom. The highest BCUT2D eigenvalue weighted by atomic mass is 17.1. The van der Waals surface area contributed by atoms with Crippen molar-refractivity contribution in [2.24, 2.45) is 0 Å². The zero-order chi connectivity index (χ0) is 12.5. The molecule has 0 unspecified atom stereocenters. The summed E-state index contributed by atoms with van der Waals surface area (Å²) in [7, 11) is 0. The Labute approximate surface area is 101 Å². The zero-order valence-corrected chi connectivity index (χ0v) is 9.58. The molecule has 4 heteroatoms. The lowest BCUT2D eigenvalue weighted by Gasteiger charge is -2.26. The SMILES string of the molecule is C=C/C=C(\C=C/C)ON([O-])Oc1ccccc1. The van der Waals surface area contributed by atoms with Crippen LogP contribution in [-0.4, -0.2) is 5.39 Å². The molecule has 17 heavy (non-hydrogen) atoms. The largest absolute Gasteiger partial charge is 0.718 e.